The van der Waals surface area contributed by atoms with Crippen LogP contribution < -0.4 is 0 Å². The maximum Gasteiger partial charge on any atom is 0.449 e. The molecule has 0 aliphatic carbocycles. The van der Waals surface area contributed by atoms with Gasteiger partial charge in [-0.25, -0.2) is 4.98 Å². The van der Waals surface area contributed by atoms with Crippen LogP contribution in [0.3, 0.4) is 0 Å². The van der Waals surface area contributed by atoms with Crippen LogP contribution in [0.5, 0.6) is 0 Å². The maximum atomic E-state index is 12.9. The van der Waals surface area contributed by atoms with Crippen LogP contribution in [-0.4, -0.2) is 9.55 Å². The first kappa shape index (κ1) is 14.0. The van der Waals surface area contributed by atoms with Crippen molar-refractivity contribution in [1.82, 2.24) is 9.55 Å². The Morgan fingerprint density at radius 1 is 1.26 bits per heavy atom. The molecule has 2 aromatic rings. The lowest BCUT2D eigenvalue weighted by Crippen LogP contribution is -2.15. The quantitative estimate of drug-likeness (QED) is 0.831. The SMILES string of the molecule is N#CCCn1c(C(F)(F)F)nc2cc(Cl)c(Cl)cc21. The highest BCUT2D eigenvalue weighted by Crippen LogP contribution is 2.34. The fourth-order valence-corrected chi connectivity index (χ4v) is 2.04. The highest BCUT2D eigenvalue weighted by Gasteiger charge is 2.37. The summed E-state index contributed by atoms with van der Waals surface area (Å²) in [5.41, 5.74) is 0.302. The molecular formula is C11H6Cl2F3N3. The number of hydrogen-bond acceptors (Lipinski definition) is 2. The van der Waals surface area contributed by atoms with Gasteiger partial charge in [-0.05, 0) is 12.1 Å². The summed E-state index contributed by atoms with van der Waals surface area (Å²) in [6, 6.07) is 4.39. The number of halogens is 5. The van der Waals surface area contributed by atoms with Gasteiger partial charge in [0.05, 0.1) is 33.6 Å². The number of aromatic nitrogens is 2. The molecule has 1 heterocycles. The Morgan fingerprint density at radius 3 is 2.47 bits per heavy atom. The standard InChI is InChI=1S/C11H6Cl2F3N3/c12-6-4-8-9(5-7(6)13)19(3-1-2-17)10(18-8)11(14,15)16/h4-5H,1,3H2. The molecule has 0 fully saturated rings. The first-order valence-electron chi connectivity index (χ1n) is 5.14. The third kappa shape index (κ3) is 2.62. The molecule has 19 heavy (non-hydrogen) atoms. The second-order valence-electron chi connectivity index (χ2n) is 3.75. The van der Waals surface area contributed by atoms with Crippen LogP contribution in [0.2, 0.25) is 10.0 Å². The van der Waals surface area contributed by atoms with Gasteiger partial charge in [-0.15, -0.1) is 0 Å². The molecule has 0 N–H and O–H groups in total. The second-order valence-corrected chi connectivity index (χ2v) is 4.56. The molecule has 1 aromatic heterocycles. The van der Waals surface area contributed by atoms with Crippen molar-refractivity contribution in [1.29, 1.82) is 5.26 Å². The van der Waals surface area contributed by atoms with Gasteiger partial charge in [0.25, 0.3) is 0 Å². The van der Waals surface area contributed by atoms with E-state index >= 15 is 0 Å². The summed E-state index contributed by atoms with van der Waals surface area (Å²) in [4.78, 5) is 3.52. The first-order chi connectivity index (χ1) is 8.84. The fraction of sp³-hybridized carbons (Fsp3) is 0.273. The summed E-state index contributed by atoms with van der Waals surface area (Å²) in [7, 11) is 0. The molecule has 0 atom stereocenters. The predicted molar refractivity (Wildman–Crippen MR) is 65.0 cm³/mol. The average Bonchev–Trinajstić information content (AvgIpc) is 2.65. The molecular weight excluding hydrogens is 302 g/mol. The van der Waals surface area contributed by atoms with Crippen molar-refractivity contribution in [3.05, 3.63) is 28.0 Å². The van der Waals surface area contributed by atoms with E-state index in [1.807, 2.05) is 0 Å². The molecule has 0 radical (unpaired) electrons. The summed E-state index contributed by atoms with van der Waals surface area (Å²) < 4.78 is 39.6. The summed E-state index contributed by atoms with van der Waals surface area (Å²) >= 11 is 11.6. The topological polar surface area (TPSA) is 41.6 Å². The Bertz CT molecular complexity index is 670. The van der Waals surface area contributed by atoms with Crippen LogP contribution in [0.1, 0.15) is 12.2 Å². The van der Waals surface area contributed by atoms with Gasteiger partial charge in [-0.1, -0.05) is 23.2 Å². The number of imidazole rings is 1. The predicted octanol–water partition coefficient (Wildman–Crippen LogP) is 4.28. The number of nitriles is 1. The first-order valence-corrected chi connectivity index (χ1v) is 5.89. The van der Waals surface area contributed by atoms with Gasteiger partial charge in [0.2, 0.25) is 5.82 Å². The molecule has 8 heteroatoms. The Kier molecular flexibility index (Phi) is 3.61. The van der Waals surface area contributed by atoms with Crippen molar-refractivity contribution in [2.45, 2.75) is 19.1 Å². The zero-order valence-electron chi connectivity index (χ0n) is 9.30. The molecule has 100 valence electrons. The lowest BCUT2D eigenvalue weighted by molar-refractivity contribution is -0.146. The van der Waals surface area contributed by atoms with Crippen LogP contribution in [0, 0.1) is 11.3 Å². The van der Waals surface area contributed by atoms with Gasteiger partial charge in [-0.2, -0.15) is 18.4 Å². The van der Waals surface area contributed by atoms with E-state index in [-0.39, 0.29) is 34.0 Å². The Hall–Kier alpha value is -1.45. The lowest BCUT2D eigenvalue weighted by atomic mass is 10.3. The van der Waals surface area contributed by atoms with E-state index in [0.29, 0.717) is 0 Å². The molecule has 0 saturated heterocycles. The number of hydrogen-bond donors (Lipinski definition) is 0. The molecule has 0 aliphatic heterocycles. The smallest absolute Gasteiger partial charge is 0.319 e. The molecule has 0 amide bonds. The highest BCUT2D eigenvalue weighted by molar-refractivity contribution is 6.42. The van der Waals surface area contributed by atoms with E-state index in [1.165, 1.54) is 12.1 Å². The second kappa shape index (κ2) is 4.91. The number of alkyl halides is 3. The highest BCUT2D eigenvalue weighted by atomic mass is 35.5. The number of benzene rings is 1. The van der Waals surface area contributed by atoms with E-state index in [0.717, 1.165) is 4.57 Å². The number of rotatable bonds is 2. The van der Waals surface area contributed by atoms with E-state index in [1.54, 1.807) is 6.07 Å². The number of aryl methyl sites for hydroxylation is 1. The molecule has 0 bridgehead atoms. The van der Waals surface area contributed by atoms with Gasteiger partial charge in [0, 0.05) is 6.54 Å². The molecule has 0 aliphatic rings. The molecule has 0 saturated carbocycles. The molecule has 0 unspecified atom stereocenters. The third-order valence-electron chi connectivity index (χ3n) is 2.49. The largest absolute Gasteiger partial charge is 0.449 e. The van der Waals surface area contributed by atoms with Crippen molar-refractivity contribution in [3.63, 3.8) is 0 Å². The summed E-state index contributed by atoms with van der Waals surface area (Å²) in [6.45, 7) is -0.111. The summed E-state index contributed by atoms with van der Waals surface area (Å²) in [6.07, 6.45) is -4.66. The van der Waals surface area contributed by atoms with Crippen molar-refractivity contribution in [3.8, 4) is 6.07 Å². The summed E-state index contributed by atoms with van der Waals surface area (Å²) in [5.74, 6) is -1.06. The molecule has 3 nitrogen and oxygen atoms in total. The Balaban J connectivity index is 2.71. The van der Waals surface area contributed by atoms with Crippen LogP contribution in [0.25, 0.3) is 11.0 Å². The minimum atomic E-state index is -4.60. The lowest BCUT2D eigenvalue weighted by Gasteiger charge is -2.09. The van der Waals surface area contributed by atoms with Crippen molar-refractivity contribution < 1.29 is 13.2 Å². The van der Waals surface area contributed by atoms with Crippen molar-refractivity contribution in [2.75, 3.05) is 0 Å². The minimum Gasteiger partial charge on any atom is -0.319 e. The zero-order valence-corrected chi connectivity index (χ0v) is 10.8. The zero-order chi connectivity index (χ0) is 14.2. The Morgan fingerprint density at radius 2 is 1.89 bits per heavy atom. The average molecular weight is 308 g/mol. The Labute approximate surface area is 116 Å². The normalized spacial score (nSPS) is 11.8. The van der Waals surface area contributed by atoms with Gasteiger partial charge < -0.3 is 4.57 Å². The van der Waals surface area contributed by atoms with Crippen molar-refractivity contribution in [2.24, 2.45) is 0 Å². The van der Waals surface area contributed by atoms with Gasteiger partial charge in [0.15, 0.2) is 0 Å². The van der Waals surface area contributed by atoms with E-state index in [2.05, 4.69) is 4.98 Å². The minimum absolute atomic E-state index is 0.0607. The van der Waals surface area contributed by atoms with E-state index < -0.39 is 12.0 Å². The number of nitrogens with zero attached hydrogens (tertiary/aromatic N) is 3. The molecule has 0 spiro atoms. The number of fused-ring (bicyclic) bond motifs is 1. The monoisotopic (exact) mass is 307 g/mol. The summed E-state index contributed by atoms with van der Waals surface area (Å²) in [5, 5.41) is 8.79. The van der Waals surface area contributed by atoms with Crippen LogP contribution >= 0.6 is 23.2 Å². The maximum absolute atomic E-state index is 12.9. The van der Waals surface area contributed by atoms with E-state index in [4.69, 9.17) is 28.5 Å². The van der Waals surface area contributed by atoms with Crippen molar-refractivity contribution >= 4 is 34.2 Å². The van der Waals surface area contributed by atoms with Gasteiger partial charge >= 0.3 is 6.18 Å². The van der Waals surface area contributed by atoms with Crippen LogP contribution in [0.15, 0.2) is 12.1 Å². The van der Waals surface area contributed by atoms with Crippen LogP contribution in [-0.2, 0) is 12.7 Å². The van der Waals surface area contributed by atoms with E-state index in [9.17, 15) is 13.2 Å². The van der Waals surface area contributed by atoms with Gasteiger partial charge in [-0.3, -0.25) is 0 Å². The van der Waals surface area contributed by atoms with Gasteiger partial charge in [0.1, 0.15) is 0 Å². The van der Waals surface area contributed by atoms with Crippen LogP contribution in [0.4, 0.5) is 13.2 Å². The molecule has 1 aromatic carbocycles. The molecule has 2 rings (SSSR count). The third-order valence-corrected chi connectivity index (χ3v) is 3.21. The fourth-order valence-electron chi connectivity index (χ4n) is 1.72.